The van der Waals surface area contributed by atoms with E-state index in [1.54, 1.807) is 13.8 Å². The van der Waals surface area contributed by atoms with Crippen LogP contribution >= 0.6 is 0 Å². The van der Waals surface area contributed by atoms with Crippen molar-refractivity contribution in [1.82, 2.24) is 0 Å². The van der Waals surface area contributed by atoms with Gasteiger partial charge in [0.05, 0.1) is 0 Å². The van der Waals surface area contributed by atoms with Crippen molar-refractivity contribution >= 4 is 48.9 Å². The molecule has 0 aromatic heterocycles. The number of ether oxygens (including phenoxy) is 2. The van der Waals surface area contributed by atoms with Crippen molar-refractivity contribution in [3.8, 4) is 0 Å². The molecule has 0 rings (SSSR count). The molecule has 0 saturated carbocycles. The van der Waals surface area contributed by atoms with Gasteiger partial charge in [0, 0.05) is 26.4 Å². The normalized spacial score (nSPS) is 13.4. The van der Waals surface area contributed by atoms with E-state index in [0.717, 1.165) is 0 Å². The third-order valence-electron chi connectivity index (χ3n) is 1.27. The van der Waals surface area contributed by atoms with Crippen LogP contribution in [-0.4, -0.2) is 88.5 Å². The van der Waals surface area contributed by atoms with Crippen LogP contribution < -0.4 is 10.2 Å². The molecule has 13 heavy (non-hydrogen) atoms. The quantitative estimate of drug-likeness (QED) is 0.585. The van der Waals surface area contributed by atoms with E-state index < -0.39 is 0 Å². The Balaban J connectivity index is -0.000000143. The van der Waals surface area contributed by atoms with Crippen LogP contribution in [0.1, 0.15) is 13.8 Å². The summed E-state index contributed by atoms with van der Waals surface area (Å²) >= 11 is 0. The first-order valence-electron chi connectivity index (χ1n) is 3.84. The maximum atomic E-state index is 9.74. The van der Waals surface area contributed by atoms with Crippen LogP contribution in [0.3, 0.4) is 0 Å². The summed E-state index contributed by atoms with van der Waals surface area (Å²) in [5.41, 5.74) is 0. The summed E-state index contributed by atoms with van der Waals surface area (Å²) in [6.45, 7) is 3.20. The molecular formula is C8H18BaO4. The summed E-state index contributed by atoms with van der Waals surface area (Å²) in [6.07, 6.45) is -0.241. The van der Waals surface area contributed by atoms with Gasteiger partial charge in [0.1, 0.15) is 0 Å². The maximum absolute atomic E-state index is 9.74. The van der Waals surface area contributed by atoms with Crippen LogP contribution in [-0.2, 0) is 9.47 Å². The Labute approximate surface area is 121 Å². The zero-order valence-electron chi connectivity index (χ0n) is 8.91. The van der Waals surface area contributed by atoms with Gasteiger partial charge in [0.25, 0.3) is 0 Å². The third kappa shape index (κ3) is 19.7. The molecule has 0 bridgehead atoms. The van der Waals surface area contributed by atoms with E-state index >= 15 is 0 Å². The Bertz CT molecular complexity index is 64.5. The van der Waals surface area contributed by atoms with Crippen LogP contribution in [0.5, 0.6) is 0 Å². The van der Waals surface area contributed by atoms with Crippen molar-refractivity contribution < 1.29 is 19.7 Å². The van der Waals surface area contributed by atoms with Crippen molar-refractivity contribution in [2.45, 2.75) is 26.1 Å². The standard InChI is InChI=1S/2C4H9O2.Ba/c2*1-4(3-5)6-2;/h2*4H,3H2,1-2H3;/q2*-1;+2. The maximum Gasteiger partial charge on any atom is 2.00 e. The Kier molecular flexibility index (Phi) is 24.3. The molecule has 0 aliphatic carbocycles. The molecule has 0 aliphatic heterocycles. The molecule has 0 fully saturated rings. The van der Waals surface area contributed by atoms with Crippen LogP contribution in [0.25, 0.3) is 0 Å². The number of rotatable bonds is 4. The van der Waals surface area contributed by atoms with Crippen molar-refractivity contribution in [1.29, 1.82) is 0 Å². The molecule has 5 heteroatoms. The molecule has 0 saturated heterocycles. The topological polar surface area (TPSA) is 64.6 Å². The first-order valence-corrected chi connectivity index (χ1v) is 3.84. The largest absolute Gasteiger partial charge is 2.00 e. The van der Waals surface area contributed by atoms with Crippen molar-refractivity contribution in [2.24, 2.45) is 0 Å². The number of hydrogen-bond acceptors (Lipinski definition) is 4. The summed E-state index contributed by atoms with van der Waals surface area (Å²) in [7, 11) is 3.06. The minimum Gasteiger partial charge on any atom is -0.853 e. The summed E-state index contributed by atoms with van der Waals surface area (Å²) in [6, 6.07) is 0. The average molecular weight is 316 g/mol. The van der Waals surface area contributed by atoms with Gasteiger partial charge in [0.2, 0.25) is 0 Å². The molecule has 0 amide bonds. The van der Waals surface area contributed by atoms with E-state index in [9.17, 15) is 10.2 Å². The number of hydrogen-bond donors (Lipinski definition) is 0. The van der Waals surface area contributed by atoms with Crippen molar-refractivity contribution in [3.63, 3.8) is 0 Å². The second-order valence-electron chi connectivity index (χ2n) is 2.43. The molecule has 76 valence electrons. The molecule has 0 aromatic rings. The average Bonchev–Trinajstić information content (AvgIpc) is 2.16. The van der Waals surface area contributed by atoms with E-state index in [1.165, 1.54) is 14.2 Å². The summed E-state index contributed by atoms with van der Waals surface area (Å²) in [5.74, 6) is 0. The first-order chi connectivity index (χ1) is 5.62. The Morgan fingerprint density at radius 3 is 1.15 bits per heavy atom. The minimum atomic E-state index is -0.142. The molecule has 0 N–H and O–H groups in total. The van der Waals surface area contributed by atoms with E-state index in [-0.39, 0.29) is 74.3 Å². The molecule has 2 unspecified atom stereocenters. The molecule has 0 aliphatic rings. The molecule has 0 aromatic carbocycles. The van der Waals surface area contributed by atoms with Gasteiger partial charge in [-0.05, 0) is 13.8 Å². The van der Waals surface area contributed by atoms with Gasteiger partial charge >= 0.3 is 48.9 Å². The van der Waals surface area contributed by atoms with Gasteiger partial charge in [-0.3, -0.25) is 0 Å². The van der Waals surface area contributed by atoms with Gasteiger partial charge in [0.15, 0.2) is 0 Å². The molecular weight excluding hydrogens is 297 g/mol. The minimum absolute atomic E-state index is 0. The van der Waals surface area contributed by atoms with Crippen LogP contribution in [0.15, 0.2) is 0 Å². The smallest absolute Gasteiger partial charge is 0.853 e. The van der Waals surface area contributed by atoms with Gasteiger partial charge in [-0.1, -0.05) is 0 Å². The van der Waals surface area contributed by atoms with Crippen LogP contribution in [0.4, 0.5) is 0 Å². The van der Waals surface area contributed by atoms with Crippen LogP contribution in [0, 0.1) is 0 Å². The van der Waals surface area contributed by atoms with Gasteiger partial charge < -0.3 is 19.7 Å². The Hall–Kier alpha value is 1.41. The third-order valence-corrected chi connectivity index (χ3v) is 1.27. The summed E-state index contributed by atoms with van der Waals surface area (Å²) < 4.78 is 9.17. The fourth-order valence-electron chi connectivity index (χ4n) is 0.136. The Morgan fingerprint density at radius 1 is 0.923 bits per heavy atom. The second kappa shape index (κ2) is 15.9. The van der Waals surface area contributed by atoms with Gasteiger partial charge in [-0.2, -0.15) is 0 Å². The monoisotopic (exact) mass is 316 g/mol. The molecule has 2 atom stereocenters. The fraction of sp³-hybridized carbons (Fsp3) is 1.00. The van der Waals surface area contributed by atoms with E-state index in [1.807, 2.05) is 0 Å². The SMILES string of the molecule is COC(C)C[O-].COC(C)C[O-].[Ba+2]. The van der Waals surface area contributed by atoms with E-state index in [2.05, 4.69) is 9.47 Å². The van der Waals surface area contributed by atoms with Gasteiger partial charge in [-0.15, -0.1) is 13.2 Å². The van der Waals surface area contributed by atoms with E-state index in [4.69, 9.17) is 0 Å². The first kappa shape index (κ1) is 19.9. The molecule has 0 radical (unpaired) electrons. The Morgan fingerprint density at radius 2 is 1.15 bits per heavy atom. The summed E-state index contributed by atoms with van der Waals surface area (Å²) in [5, 5.41) is 19.5. The fourth-order valence-corrected chi connectivity index (χ4v) is 0.136. The molecule has 0 heterocycles. The van der Waals surface area contributed by atoms with E-state index in [0.29, 0.717) is 0 Å². The number of methoxy groups -OCH3 is 2. The van der Waals surface area contributed by atoms with Crippen molar-refractivity contribution in [2.75, 3.05) is 27.4 Å². The zero-order valence-corrected chi connectivity index (χ0v) is 13.3. The molecule has 0 spiro atoms. The van der Waals surface area contributed by atoms with Gasteiger partial charge in [-0.25, -0.2) is 0 Å². The zero-order chi connectivity index (χ0) is 9.98. The molecule has 4 nitrogen and oxygen atoms in total. The predicted molar refractivity (Wildman–Crippen MR) is 48.4 cm³/mol. The van der Waals surface area contributed by atoms with Crippen molar-refractivity contribution in [3.05, 3.63) is 0 Å². The van der Waals surface area contributed by atoms with Crippen LogP contribution in [0.2, 0.25) is 0 Å². The summed E-state index contributed by atoms with van der Waals surface area (Å²) in [4.78, 5) is 0. The predicted octanol–water partition coefficient (Wildman–Crippen LogP) is -1.62. The second-order valence-corrected chi connectivity index (χ2v) is 2.43.